The smallest absolute Gasteiger partial charge is 0.155 e. The van der Waals surface area contributed by atoms with Crippen molar-refractivity contribution in [1.29, 1.82) is 0 Å². The van der Waals surface area contributed by atoms with Crippen LogP contribution in [0.1, 0.15) is 44.1 Å². The molecule has 2 rings (SSSR count). The van der Waals surface area contributed by atoms with Gasteiger partial charge in [0, 0.05) is 6.42 Å². The summed E-state index contributed by atoms with van der Waals surface area (Å²) in [5.74, 6) is 1.08. The van der Waals surface area contributed by atoms with Crippen molar-refractivity contribution in [2.24, 2.45) is 5.92 Å². The van der Waals surface area contributed by atoms with Gasteiger partial charge in [0.2, 0.25) is 0 Å². The SMILES string of the molecule is O=C1/C=C\CC(CCCc2ccccc2)CCC1. The molecular formula is C17H22O. The first-order chi connectivity index (χ1) is 8.84. The van der Waals surface area contributed by atoms with Gasteiger partial charge in [-0.1, -0.05) is 36.4 Å². The number of aryl methyl sites for hydroxylation is 1. The number of hydrogen-bond acceptors (Lipinski definition) is 1. The molecule has 0 fully saturated rings. The van der Waals surface area contributed by atoms with Gasteiger partial charge in [-0.3, -0.25) is 4.79 Å². The first-order valence-corrected chi connectivity index (χ1v) is 7.08. The lowest BCUT2D eigenvalue weighted by molar-refractivity contribution is -0.114. The lowest BCUT2D eigenvalue weighted by Gasteiger charge is -2.16. The molecule has 1 nitrogen and oxygen atoms in total. The van der Waals surface area contributed by atoms with Gasteiger partial charge in [-0.15, -0.1) is 0 Å². The number of allylic oxidation sites excluding steroid dienone is 2. The zero-order valence-corrected chi connectivity index (χ0v) is 11.0. The fraction of sp³-hybridized carbons (Fsp3) is 0.471. The second kappa shape index (κ2) is 7.15. The summed E-state index contributed by atoms with van der Waals surface area (Å²) in [5, 5.41) is 0. The number of benzene rings is 1. The van der Waals surface area contributed by atoms with Crippen molar-refractivity contribution in [3.05, 3.63) is 48.0 Å². The molecule has 0 saturated heterocycles. The third-order valence-electron chi connectivity index (χ3n) is 3.73. The molecule has 1 atom stereocenters. The Kier molecular flexibility index (Phi) is 5.19. The lowest BCUT2D eigenvalue weighted by Crippen LogP contribution is -2.05. The first-order valence-electron chi connectivity index (χ1n) is 7.08. The first kappa shape index (κ1) is 13.1. The number of ketones is 1. The molecule has 0 amide bonds. The summed E-state index contributed by atoms with van der Waals surface area (Å²) in [7, 11) is 0. The highest BCUT2D eigenvalue weighted by atomic mass is 16.1. The van der Waals surface area contributed by atoms with Crippen molar-refractivity contribution in [2.75, 3.05) is 0 Å². The predicted octanol–water partition coefficient (Wildman–Crippen LogP) is 4.32. The molecule has 0 radical (unpaired) electrons. The third kappa shape index (κ3) is 4.48. The van der Waals surface area contributed by atoms with E-state index in [0.717, 1.165) is 25.2 Å². The molecule has 1 aromatic carbocycles. The normalized spacial score (nSPS) is 22.2. The van der Waals surface area contributed by atoms with E-state index in [2.05, 4.69) is 36.4 Å². The van der Waals surface area contributed by atoms with Gasteiger partial charge in [-0.2, -0.15) is 0 Å². The van der Waals surface area contributed by atoms with Crippen molar-refractivity contribution in [3.8, 4) is 0 Å². The summed E-state index contributed by atoms with van der Waals surface area (Å²) in [5.41, 5.74) is 1.44. The van der Waals surface area contributed by atoms with Crippen LogP contribution in [0.15, 0.2) is 42.5 Å². The maximum absolute atomic E-state index is 11.3. The Labute approximate surface area is 110 Å². The molecule has 0 N–H and O–H groups in total. The van der Waals surface area contributed by atoms with Gasteiger partial charge >= 0.3 is 0 Å². The maximum Gasteiger partial charge on any atom is 0.155 e. The number of rotatable bonds is 4. The molecule has 0 aromatic heterocycles. The van der Waals surface area contributed by atoms with Crippen LogP contribution >= 0.6 is 0 Å². The highest BCUT2D eigenvalue weighted by Crippen LogP contribution is 2.22. The molecule has 0 aliphatic heterocycles. The Bertz CT molecular complexity index is 391. The highest BCUT2D eigenvalue weighted by molar-refractivity contribution is 5.89. The zero-order chi connectivity index (χ0) is 12.6. The Morgan fingerprint density at radius 3 is 2.83 bits per heavy atom. The van der Waals surface area contributed by atoms with Gasteiger partial charge in [-0.05, 0) is 56.1 Å². The Hall–Kier alpha value is -1.37. The standard InChI is InChI=1S/C17H22O/c18-17-13-5-11-16(12-6-14-17)10-4-9-15-7-2-1-3-8-15/h1-3,5,7-8,13,16H,4,6,9-12,14H2/b13-5-. The topological polar surface area (TPSA) is 17.1 Å². The molecule has 1 heteroatoms. The molecule has 1 aliphatic carbocycles. The van der Waals surface area contributed by atoms with Crippen molar-refractivity contribution in [2.45, 2.75) is 44.9 Å². The van der Waals surface area contributed by atoms with Gasteiger partial charge < -0.3 is 0 Å². The summed E-state index contributed by atoms with van der Waals surface area (Å²) >= 11 is 0. The quantitative estimate of drug-likeness (QED) is 0.768. The Morgan fingerprint density at radius 2 is 2.00 bits per heavy atom. The van der Waals surface area contributed by atoms with E-state index in [9.17, 15) is 4.79 Å². The summed E-state index contributed by atoms with van der Waals surface area (Å²) in [6, 6.07) is 10.7. The van der Waals surface area contributed by atoms with E-state index in [1.807, 2.05) is 0 Å². The van der Waals surface area contributed by atoms with Crippen LogP contribution in [0.3, 0.4) is 0 Å². The number of hydrogen-bond donors (Lipinski definition) is 0. The summed E-state index contributed by atoms with van der Waals surface area (Å²) in [6.07, 6.45) is 11.7. The van der Waals surface area contributed by atoms with Gasteiger partial charge in [-0.25, -0.2) is 0 Å². The van der Waals surface area contributed by atoms with Crippen molar-refractivity contribution >= 4 is 5.78 Å². The fourth-order valence-electron chi connectivity index (χ4n) is 2.66. The second-order valence-corrected chi connectivity index (χ2v) is 5.24. The van der Waals surface area contributed by atoms with E-state index in [4.69, 9.17) is 0 Å². The van der Waals surface area contributed by atoms with Crippen LogP contribution < -0.4 is 0 Å². The van der Waals surface area contributed by atoms with Gasteiger partial charge in [0.1, 0.15) is 0 Å². The Morgan fingerprint density at radius 1 is 1.17 bits per heavy atom. The molecule has 0 spiro atoms. The van der Waals surface area contributed by atoms with Crippen LogP contribution in [-0.4, -0.2) is 5.78 Å². The maximum atomic E-state index is 11.3. The molecule has 1 unspecified atom stereocenters. The molecule has 0 saturated carbocycles. The van der Waals surface area contributed by atoms with E-state index in [0.29, 0.717) is 5.78 Å². The van der Waals surface area contributed by atoms with Crippen LogP contribution in [0.5, 0.6) is 0 Å². The number of carbonyl (C=O) groups excluding carboxylic acids is 1. The third-order valence-corrected chi connectivity index (χ3v) is 3.73. The van der Waals surface area contributed by atoms with Crippen LogP contribution in [0.25, 0.3) is 0 Å². The van der Waals surface area contributed by atoms with E-state index in [-0.39, 0.29) is 0 Å². The molecule has 18 heavy (non-hydrogen) atoms. The summed E-state index contributed by atoms with van der Waals surface area (Å²) in [4.78, 5) is 11.3. The molecule has 0 bridgehead atoms. The molecule has 1 aliphatic rings. The van der Waals surface area contributed by atoms with E-state index >= 15 is 0 Å². The van der Waals surface area contributed by atoms with E-state index in [1.165, 1.54) is 31.2 Å². The second-order valence-electron chi connectivity index (χ2n) is 5.24. The number of carbonyl (C=O) groups is 1. The fourth-order valence-corrected chi connectivity index (χ4v) is 2.66. The van der Waals surface area contributed by atoms with E-state index < -0.39 is 0 Å². The molecule has 1 aromatic rings. The Balaban J connectivity index is 1.73. The van der Waals surface area contributed by atoms with Gasteiger partial charge in [0.15, 0.2) is 5.78 Å². The van der Waals surface area contributed by atoms with Crippen molar-refractivity contribution in [1.82, 2.24) is 0 Å². The van der Waals surface area contributed by atoms with Crippen LogP contribution in [-0.2, 0) is 11.2 Å². The minimum Gasteiger partial charge on any atom is -0.295 e. The monoisotopic (exact) mass is 242 g/mol. The van der Waals surface area contributed by atoms with Crippen LogP contribution in [0.2, 0.25) is 0 Å². The minimum absolute atomic E-state index is 0.303. The summed E-state index contributed by atoms with van der Waals surface area (Å²) < 4.78 is 0. The molecule has 96 valence electrons. The lowest BCUT2D eigenvalue weighted by atomic mass is 9.89. The average molecular weight is 242 g/mol. The van der Waals surface area contributed by atoms with Crippen molar-refractivity contribution < 1.29 is 4.79 Å². The van der Waals surface area contributed by atoms with Gasteiger partial charge in [0.05, 0.1) is 0 Å². The van der Waals surface area contributed by atoms with Gasteiger partial charge in [0.25, 0.3) is 0 Å². The van der Waals surface area contributed by atoms with E-state index in [1.54, 1.807) is 6.08 Å². The highest BCUT2D eigenvalue weighted by Gasteiger charge is 2.10. The summed E-state index contributed by atoms with van der Waals surface area (Å²) in [6.45, 7) is 0. The molecule has 0 heterocycles. The van der Waals surface area contributed by atoms with Crippen LogP contribution in [0.4, 0.5) is 0 Å². The minimum atomic E-state index is 0.303. The zero-order valence-electron chi connectivity index (χ0n) is 11.0. The molecular weight excluding hydrogens is 220 g/mol. The average Bonchev–Trinajstić information content (AvgIpc) is 2.37. The van der Waals surface area contributed by atoms with Crippen molar-refractivity contribution in [3.63, 3.8) is 0 Å². The van der Waals surface area contributed by atoms with Crippen LogP contribution in [0, 0.1) is 5.92 Å². The predicted molar refractivity (Wildman–Crippen MR) is 75.5 cm³/mol. The largest absolute Gasteiger partial charge is 0.295 e.